The summed E-state index contributed by atoms with van der Waals surface area (Å²) in [6, 6.07) is 2.11. The first kappa shape index (κ1) is 21.5. The molecule has 0 aromatic carbocycles. The summed E-state index contributed by atoms with van der Waals surface area (Å²) in [6.45, 7) is 5.14. The number of hydrogen-bond donors (Lipinski definition) is 2. The molecule has 2 amide bonds. The molecule has 2 heterocycles. The SMILES string of the molecule is CC(C)(C)OC(=O)Nc1nc(C(=O)NC2C=C(c3ccc(F)nc3)C=CC2Cl)co1. The number of carbonyl (C=O) groups excluding carboxylic acids is 2. The van der Waals surface area contributed by atoms with Crippen molar-refractivity contribution in [2.75, 3.05) is 5.32 Å². The van der Waals surface area contributed by atoms with Crippen molar-refractivity contribution in [3.8, 4) is 0 Å². The second kappa shape index (κ2) is 8.66. The number of nitrogens with one attached hydrogen (secondary N) is 2. The molecule has 8 nitrogen and oxygen atoms in total. The van der Waals surface area contributed by atoms with E-state index in [4.69, 9.17) is 20.8 Å². The molecule has 2 atom stereocenters. The smallest absolute Gasteiger partial charge is 0.415 e. The second-order valence-electron chi connectivity index (χ2n) is 7.46. The predicted molar refractivity (Wildman–Crippen MR) is 109 cm³/mol. The standard InChI is InChI=1S/C20H20ClFN4O4/c1-20(2,3)30-19(28)26-18-25-15(10-29-18)17(27)24-14-8-11(4-6-13(14)21)12-5-7-16(22)23-9-12/h4-10,13-14H,1-3H3,(H,24,27)(H,25,26,28). The van der Waals surface area contributed by atoms with Crippen molar-refractivity contribution in [2.24, 2.45) is 0 Å². The van der Waals surface area contributed by atoms with Crippen molar-refractivity contribution in [1.82, 2.24) is 15.3 Å². The average molecular weight is 435 g/mol. The molecular weight excluding hydrogens is 415 g/mol. The van der Waals surface area contributed by atoms with Crippen molar-refractivity contribution in [3.63, 3.8) is 0 Å². The van der Waals surface area contributed by atoms with Crippen molar-refractivity contribution in [3.05, 3.63) is 60.0 Å². The number of rotatable bonds is 4. The molecule has 2 aromatic rings. The summed E-state index contributed by atoms with van der Waals surface area (Å²) in [5, 5.41) is 4.55. The van der Waals surface area contributed by atoms with E-state index in [1.165, 1.54) is 12.3 Å². The minimum Gasteiger partial charge on any atom is -0.443 e. The van der Waals surface area contributed by atoms with Gasteiger partial charge in [-0.2, -0.15) is 9.37 Å². The summed E-state index contributed by atoms with van der Waals surface area (Å²) in [5.41, 5.74) is 0.681. The molecule has 1 aliphatic rings. The number of carbonyl (C=O) groups is 2. The Bertz CT molecular complexity index is 995. The van der Waals surface area contributed by atoms with Crippen LogP contribution in [0.2, 0.25) is 0 Å². The van der Waals surface area contributed by atoms with E-state index in [0.717, 1.165) is 11.8 Å². The first-order chi connectivity index (χ1) is 14.1. The number of ether oxygens (including phenoxy) is 1. The summed E-state index contributed by atoms with van der Waals surface area (Å²) in [5.74, 6) is -1.13. The van der Waals surface area contributed by atoms with Crippen LogP contribution < -0.4 is 10.6 Å². The molecule has 10 heteroatoms. The number of nitrogens with zero attached hydrogens (tertiary/aromatic N) is 2. The highest BCUT2D eigenvalue weighted by Gasteiger charge is 2.24. The Morgan fingerprint density at radius 3 is 2.73 bits per heavy atom. The maximum atomic E-state index is 13.0. The van der Waals surface area contributed by atoms with Gasteiger partial charge in [-0.15, -0.1) is 11.6 Å². The fourth-order valence-corrected chi connectivity index (χ4v) is 2.78. The molecule has 0 saturated heterocycles. The lowest BCUT2D eigenvalue weighted by Gasteiger charge is -2.22. The molecule has 3 rings (SSSR count). The van der Waals surface area contributed by atoms with Crippen molar-refractivity contribution >= 4 is 35.2 Å². The van der Waals surface area contributed by atoms with Crippen LogP contribution in [0.3, 0.4) is 0 Å². The third-order valence-electron chi connectivity index (χ3n) is 3.87. The van der Waals surface area contributed by atoms with Crippen LogP contribution in [0.1, 0.15) is 36.8 Å². The molecule has 0 fully saturated rings. The van der Waals surface area contributed by atoms with Crippen LogP contribution in [-0.4, -0.2) is 39.0 Å². The molecule has 30 heavy (non-hydrogen) atoms. The van der Waals surface area contributed by atoms with Gasteiger partial charge in [0.25, 0.3) is 5.91 Å². The molecular formula is C20H20ClFN4O4. The lowest BCUT2D eigenvalue weighted by atomic mass is 9.97. The number of alkyl halides is 1. The summed E-state index contributed by atoms with van der Waals surface area (Å²) < 4.78 is 23.2. The monoisotopic (exact) mass is 434 g/mol. The number of aromatic nitrogens is 2. The molecule has 0 saturated carbocycles. The Labute approximate surface area is 177 Å². The van der Waals surface area contributed by atoms with Crippen LogP contribution in [-0.2, 0) is 4.74 Å². The van der Waals surface area contributed by atoms with Crippen LogP contribution in [0.15, 0.2) is 47.2 Å². The van der Waals surface area contributed by atoms with E-state index in [0.29, 0.717) is 5.56 Å². The third kappa shape index (κ3) is 5.66. The Balaban J connectivity index is 1.66. The van der Waals surface area contributed by atoms with Gasteiger partial charge in [-0.3, -0.25) is 4.79 Å². The van der Waals surface area contributed by atoms with E-state index in [9.17, 15) is 14.0 Å². The largest absolute Gasteiger partial charge is 0.443 e. The zero-order valence-electron chi connectivity index (χ0n) is 16.5. The lowest BCUT2D eigenvalue weighted by Crippen LogP contribution is -2.40. The average Bonchev–Trinajstić information content (AvgIpc) is 3.11. The van der Waals surface area contributed by atoms with Crippen molar-refractivity contribution < 1.29 is 23.1 Å². The number of oxazole rings is 1. The Morgan fingerprint density at radius 1 is 1.30 bits per heavy atom. The Morgan fingerprint density at radius 2 is 2.07 bits per heavy atom. The number of amides is 2. The van der Waals surface area contributed by atoms with Gasteiger partial charge in [0.1, 0.15) is 11.9 Å². The number of pyridine rings is 1. The predicted octanol–water partition coefficient (Wildman–Crippen LogP) is 3.91. The molecule has 0 aliphatic heterocycles. The van der Waals surface area contributed by atoms with Gasteiger partial charge in [-0.05, 0) is 44.0 Å². The van der Waals surface area contributed by atoms with E-state index in [1.54, 1.807) is 45.1 Å². The van der Waals surface area contributed by atoms with Gasteiger partial charge in [0, 0.05) is 6.20 Å². The Kier molecular flexibility index (Phi) is 6.21. The van der Waals surface area contributed by atoms with Crippen molar-refractivity contribution in [2.45, 2.75) is 37.8 Å². The number of allylic oxidation sites excluding steroid dienone is 2. The molecule has 158 valence electrons. The minimum absolute atomic E-state index is 0.0436. The number of anilines is 1. The van der Waals surface area contributed by atoms with Crippen LogP contribution in [0.25, 0.3) is 5.57 Å². The van der Waals surface area contributed by atoms with E-state index in [2.05, 4.69) is 20.6 Å². The molecule has 0 bridgehead atoms. The zero-order chi connectivity index (χ0) is 21.9. The third-order valence-corrected chi connectivity index (χ3v) is 4.28. The fraction of sp³-hybridized carbons (Fsp3) is 0.300. The molecule has 2 unspecified atom stereocenters. The maximum Gasteiger partial charge on any atom is 0.415 e. The van der Waals surface area contributed by atoms with Crippen molar-refractivity contribution in [1.29, 1.82) is 0 Å². The van der Waals surface area contributed by atoms with E-state index in [-0.39, 0.29) is 11.7 Å². The van der Waals surface area contributed by atoms with E-state index < -0.39 is 35.0 Å². The molecule has 0 radical (unpaired) electrons. The van der Waals surface area contributed by atoms with Gasteiger partial charge < -0.3 is 14.5 Å². The molecule has 1 aliphatic carbocycles. The van der Waals surface area contributed by atoms with Gasteiger partial charge in [0.15, 0.2) is 5.69 Å². The first-order valence-electron chi connectivity index (χ1n) is 9.03. The zero-order valence-corrected chi connectivity index (χ0v) is 17.2. The van der Waals surface area contributed by atoms with Gasteiger partial charge in [-0.1, -0.05) is 18.2 Å². The quantitative estimate of drug-likeness (QED) is 0.558. The minimum atomic E-state index is -0.755. The summed E-state index contributed by atoms with van der Waals surface area (Å²) in [4.78, 5) is 31.8. The highest BCUT2D eigenvalue weighted by Crippen LogP contribution is 2.24. The topological polar surface area (TPSA) is 106 Å². The maximum absolute atomic E-state index is 13.0. The first-order valence-corrected chi connectivity index (χ1v) is 9.47. The van der Waals surface area contributed by atoms with Crippen LogP contribution in [0.5, 0.6) is 0 Å². The summed E-state index contributed by atoms with van der Waals surface area (Å²) in [7, 11) is 0. The summed E-state index contributed by atoms with van der Waals surface area (Å²) >= 11 is 6.29. The lowest BCUT2D eigenvalue weighted by molar-refractivity contribution is 0.0631. The number of halogens is 2. The van der Waals surface area contributed by atoms with Gasteiger partial charge in [-0.25, -0.2) is 15.1 Å². The van der Waals surface area contributed by atoms with Gasteiger partial charge in [0.2, 0.25) is 5.95 Å². The molecule has 2 aromatic heterocycles. The van der Waals surface area contributed by atoms with E-state index in [1.807, 2.05) is 0 Å². The normalized spacial score (nSPS) is 18.5. The highest BCUT2D eigenvalue weighted by molar-refractivity contribution is 6.23. The van der Waals surface area contributed by atoms with Gasteiger partial charge in [0.05, 0.1) is 11.4 Å². The van der Waals surface area contributed by atoms with Crippen LogP contribution in [0.4, 0.5) is 15.2 Å². The van der Waals surface area contributed by atoms with E-state index >= 15 is 0 Å². The second-order valence-corrected chi connectivity index (χ2v) is 7.96. The highest BCUT2D eigenvalue weighted by atomic mass is 35.5. The molecule has 2 N–H and O–H groups in total. The van der Waals surface area contributed by atoms with Crippen LogP contribution in [0, 0.1) is 5.95 Å². The van der Waals surface area contributed by atoms with Crippen LogP contribution >= 0.6 is 11.6 Å². The summed E-state index contributed by atoms with van der Waals surface area (Å²) in [6.07, 6.45) is 6.97. The Hall–Kier alpha value is -3.20. The fourth-order valence-electron chi connectivity index (χ4n) is 2.57. The molecule has 0 spiro atoms. The van der Waals surface area contributed by atoms with Gasteiger partial charge >= 0.3 is 12.1 Å². The number of hydrogen-bond acceptors (Lipinski definition) is 6.